The molecule has 0 amide bonds. The number of anilines is 1. The van der Waals surface area contributed by atoms with Gasteiger partial charge < -0.3 is 9.88 Å². The highest BCUT2D eigenvalue weighted by molar-refractivity contribution is 5.51. The number of hydrogen-bond donors (Lipinski definition) is 1. The van der Waals surface area contributed by atoms with Crippen molar-refractivity contribution >= 4 is 5.69 Å². The molecule has 0 atom stereocenters. The summed E-state index contributed by atoms with van der Waals surface area (Å²) in [7, 11) is 0. The second kappa shape index (κ2) is 5.71. The highest BCUT2D eigenvalue weighted by Crippen LogP contribution is 2.17. The van der Waals surface area contributed by atoms with E-state index < -0.39 is 0 Å². The summed E-state index contributed by atoms with van der Waals surface area (Å²) in [6, 6.07) is 6.48. The predicted molar refractivity (Wildman–Crippen MR) is 75.8 cm³/mol. The van der Waals surface area contributed by atoms with Gasteiger partial charge >= 0.3 is 0 Å². The third-order valence-electron chi connectivity index (χ3n) is 3.10. The third kappa shape index (κ3) is 2.92. The quantitative estimate of drug-likeness (QED) is 0.870. The number of nitrogens with one attached hydrogen (secondary N) is 1. The lowest BCUT2D eigenvalue weighted by Gasteiger charge is -2.11. The van der Waals surface area contributed by atoms with Crippen LogP contribution in [0.15, 0.2) is 30.7 Å². The van der Waals surface area contributed by atoms with Crippen LogP contribution in [0.3, 0.4) is 0 Å². The summed E-state index contributed by atoms with van der Waals surface area (Å²) in [5.74, 6) is 0. The molecule has 3 heteroatoms. The number of rotatable bonds is 5. The van der Waals surface area contributed by atoms with Gasteiger partial charge in [-0.3, -0.25) is 0 Å². The van der Waals surface area contributed by atoms with Crippen molar-refractivity contribution in [3.05, 3.63) is 47.5 Å². The molecule has 0 aliphatic rings. The summed E-state index contributed by atoms with van der Waals surface area (Å²) >= 11 is 0. The van der Waals surface area contributed by atoms with Crippen LogP contribution in [0.2, 0.25) is 0 Å². The van der Waals surface area contributed by atoms with Crippen LogP contribution >= 0.6 is 0 Å². The van der Waals surface area contributed by atoms with Gasteiger partial charge in [0, 0.05) is 18.4 Å². The molecule has 0 unspecified atom stereocenters. The van der Waals surface area contributed by atoms with Gasteiger partial charge in [0.1, 0.15) is 0 Å². The van der Waals surface area contributed by atoms with Crippen molar-refractivity contribution in [1.29, 1.82) is 0 Å². The Morgan fingerprint density at radius 3 is 2.83 bits per heavy atom. The van der Waals surface area contributed by atoms with Gasteiger partial charge in [-0.15, -0.1) is 0 Å². The smallest absolute Gasteiger partial charge is 0.0948 e. The fraction of sp³-hybridized carbons (Fsp3) is 0.400. The van der Waals surface area contributed by atoms with Crippen LogP contribution < -0.4 is 5.32 Å². The van der Waals surface area contributed by atoms with Crippen LogP contribution in [0, 0.1) is 13.8 Å². The maximum atomic E-state index is 4.21. The zero-order valence-corrected chi connectivity index (χ0v) is 11.4. The molecule has 0 saturated carbocycles. The van der Waals surface area contributed by atoms with E-state index in [1.807, 2.05) is 12.5 Å². The van der Waals surface area contributed by atoms with E-state index in [2.05, 4.69) is 53.8 Å². The molecule has 1 aromatic carbocycles. The Bertz CT molecular complexity index is 514. The second-order valence-electron chi connectivity index (χ2n) is 4.75. The van der Waals surface area contributed by atoms with Gasteiger partial charge in [0.2, 0.25) is 0 Å². The Morgan fingerprint density at radius 1 is 1.28 bits per heavy atom. The van der Waals surface area contributed by atoms with Gasteiger partial charge in [-0.05, 0) is 31.9 Å². The standard InChI is InChI=1S/C15H21N3/c1-4-7-18-11-16-9-14(18)10-17-15-6-5-12(2)8-13(15)3/h5-6,8-9,11,17H,4,7,10H2,1-3H3. The first-order valence-electron chi connectivity index (χ1n) is 6.51. The van der Waals surface area contributed by atoms with E-state index in [1.165, 1.54) is 22.5 Å². The molecule has 1 heterocycles. The molecule has 2 rings (SSSR count). The van der Waals surface area contributed by atoms with E-state index in [-0.39, 0.29) is 0 Å². The third-order valence-corrected chi connectivity index (χ3v) is 3.10. The Labute approximate surface area is 109 Å². The van der Waals surface area contributed by atoms with Crippen LogP contribution in [-0.4, -0.2) is 9.55 Å². The lowest BCUT2D eigenvalue weighted by molar-refractivity contribution is 0.651. The van der Waals surface area contributed by atoms with Crippen molar-refractivity contribution in [2.45, 2.75) is 40.3 Å². The summed E-state index contributed by atoms with van der Waals surface area (Å²) in [5.41, 5.74) is 5.02. The monoisotopic (exact) mass is 243 g/mol. The van der Waals surface area contributed by atoms with Gasteiger partial charge in [-0.25, -0.2) is 4.98 Å². The molecule has 0 saturated heterocycles. The van der Waals surface area contributed by atoms with E-state index >= 15 is 0 Å². The van der Waals surface area contributed by atoms with Crippen molar-refractivity contribution in [2.24, 2.45) is 0 Å². The lowest BCUT2D eigenvalue weighted by Crippen LogP contribution is -2.07. The van der Waals surface area contributed by atoms with Gasteiger partial charge in [-0.1, -0.05) is 24.6 Å². The minimum absolute atomic E-state index is 0.823. The number of aromatic nitrogens is 2. The molecule has 0 radical (unpaired) electrons. The normalized spacial score (nSPS) is 10.6. The molecule has 18 heavy (non-hydrogen) atoms. The number of imidazole rings is 1. The molecule has 0 aliphatic heterocycles. The average molecular weight is 243 g/mol. The highest BCUT2D eigenvalue weighted by Gasteiger charge is 2.02. The summed E-state index contributed by atoms with van der Waals surface area (Å²) in [6.45, 7) is 8.29. The summed E-state index contributed by atoms with van der Waals surface area (Å²) < 4.78 is 2.20. The van der Waals surface area contributed by atoms with Crippen molar-refractivity contribution in [3.63, 3.8) is 0 Å². The fourth-order valence-corrected chi connectivity index (χ4v) is 2.14. The van der Waals surface area contributed by atoms with E-state index in [0.29, 0.717) is 0 Å². The van der Waals surface area contributed by atoms with Gasteiger partial charge in [0.15, 0.2) is 0 Å². The lowest BCUT2D eigenvalue weighted by atomic mass is 10.1. The average Bonchev–Trinajstić information content (AvgIpc) is 2.76. The van der Waals surface area contributed by atoms with Crippen LogP contribution in [-0.2, 0) is 13.1 Å². The first-order chi connectivity index (χ1) is 8.70. The Morgan fingerprint density at radius 2 is 2.11 bits per heavy atom. The molecule has 0 fully saturated rings. The highest BCUT2D eigenvalue weighted by atomic mass is 15.1. The number of benzene rings is 1. The zero-order valence-electron chi connectivity index (χ0n) is 11.4. The minimum Gasteiger partial charge on any atom is -0.379 e. The molecule has 0 aliphatic carbocycles. The van der Waals surface area contributed by atoms with Crippen molar-refractivity contribution in [2.75, 3.05) is 5.32 Å². The first kappa shape index (κ1) is 12.7. The van der Waals surface area contributed by atoms with E-state index in [0.717, 1.165) is 19.5 Å². The fourth-order valence-electron chi connectivity index (χ4n) is 2.14. The SMILES string of the molecule is CCCn1cncc1CNc1ccc(C)cc1C. The molecule has 3 nitrogen and oxygen atoms in total. The molecule has 96 valence electrons. The van der Waals surface area contributed by atoms with Crippen molar-refractivity contribution in [3.8, 4) is 0 Å². The van der Waals surface area contributed by atoms with E-state index in [4.69, 9.17) is 0 Å². The molecular formula is C15H21N3. The molecule has 1 N–H and O–H groups in total. The van der Waals surface area contributed by atoms with Crippen LogP contribution in [0.25, 0.3) is 0 Å². The summed E-state index contributed by atoms with van der Waals surface area (Å²) in [6.07, 6.45) is 4.97. The van der Waals surface area contributed by atoms with Crippen LogP contribution in [0.1, 0.15) is 30.2 Å². The van der Waals surface area contributed by atoms with E-state index in [9.17, 15) is 0 Å². The van der Waals surface area contributed by atoms with Gasteiger partial charge in [-0.2, -0.15) is 0 Å². The van der Waals surface area contributed by atoms with Gasteiger partial charge in [0.05, 0.1) is 18.6 Å². The molecular weight excluding hydrogens is 222 g/mol. The first-order valence-corrected chi connectivity index (χ1v) is 6.51. The van der Waals surface area contributed by atoms with Crippen LogP contribution in [0.4, 0.5) is 5.69 Å². The number of nitrogens with zero attached hydrogens (tertiary/aromatic N) is 2. The Hall–Kier alpha value is -1.77. The number of aryl methyl sites for hydroxylation is 3. The topological polar surface area (TPSA) is 29.9 Å². The van der Waals surface area contributed by atoms with Crippen LogP contribution in [0.5, 0.6) is 0 Å². The second-order valence-corrected chi connectivity index (χ2v) is 4.75. The number of hydrogen-bond acceptors (Lipinski definition) is 2. The van der Waals surface area contributed by atoms with Crippen molar-refractivity contribution < 1.29 is 0 Å². The summed E-state index contributed by atoms with van der Waals surface area (Å²) in [5, 5.41) is 3.48. The largest absolute Gasteiger partial charge is 0.379 e. The summed E-state index contributed by atoms with van der Waals surface area (Å²) in [4.78, 5) is 4.21. The Balaban J connectivity index is 2.04. The molecule has 0 spiro atoms. The van der Waals surface area contributed by atoms with Crippen molar-refractivity contribution in [1.82, 2.24) is 9.55 Å². The van der Waals surface area contributed by atoms with Gasteiger partial charge in [0.25, 0.3) is 0 Å². The van der Waals surface area contributed by atoms with E-state index in [1.54, 1.807) is 0 Å². The molecule has 2 aromatic rings. The minimum atomic E-state index is 0.823. The Kier molecular flexibility index (Phi) is 4.03. The maximum Gasteiger partial charge on any atom is 0.0948 e. The molecule has 1 aromatic heterocycles. The molecule has 0 bridgehead atoms. The predicted octanol–water partition coefficient (Wildman–Crippen LogP) is 3.52. The maximum absolute atomic E-state index is 4.21. The zero-order chi connectivity index (χ0) is 13.0.